The largest absolute Gasteiger partial charge is 0.461 e. The molecule has 2 aromatic heterocycles. The van der Waals surface area contributed by atoms with Gasteiger partial charge in [0.25, 0.3) is 0 Å². The number of aromatic amines is 2. The highest BCUT2D eigenvalue weighted by Gasteiger charge is 2.15. The molecule has 0 saturated heterocycles. The Kier molecular flexibility index (Phi) is 3.05. The molecule has 0 radical (unpaired) electrons. The molecular weight excluding hydrogens is 206 g/mol. The fraction of sp³-hybridized carbons (Fsp3) is 0.273. The van der Waals surface area contributed by atoms with Gasteiger partial charge in [-0.3, -0.25) is 0 Å². The van der Waals surface area contributed by atoms with E-state index in [4.69, 9.17) is 4.74 Å². The first-order valence-electron chi connectivity index (χ1n) is 5.13. The number of carbonyl (C=O) groups is 1. The lowest BCUT2D eigenvalue weighted by atomic mass is 10.2. The summed E-state index contributed by atoms with van der Waals surface area (Å²) < 4.78 is 4.91. The average Bonchev–Trinajstić information content (AvgIpc) is 2.90. The number of carbonyl (C=O) groups excluding carboxylic acids is 1. The Morgan fingerprint density at radius 1 is 1.50 bits per heavy atom. The minimum atomic E-state index is -0.384. The minimum Gasteiger partial charge on any atom is -0.461 e. The van der Waals surface area contributed by atoms with E-state index in [1.807, 2.05) is 18.3 Å². The van der Waals surface area contributed by atoms with Gasteiger partial charge in [0.2, 0.25) is 0 Å². The summed E-state index contributed by atoms with van der Waals surface area (Å²) in [6.45, 7) is 2.13. The van der Waals surface area contributed by atoms with Gasteiger partial charge in [-0.15, -0.1) is 0 Å². The van der Waals surface area contributed by atoms with Crippen molar-refractivity contribution in [3.63, 3.8) is 0 Å². The standard InChI is InChI=1S/C11H13N3O2/c1-2-16-11(15)10-9(13-7-14-10)6-8-4-3-5-12-8/h3-5,7,12H,2,6H2,1H3,(H,13,14). The lowest BCUT2D eigenvalue weighted by Gasteiger charge is -2.01. The Bertz CT molecular complexity index is 459. The second-order valence-electron chi connectivity index (χ2n) is 3.32. The molecule has 5 nitrogen and oxygen atoms in total. The van der Waals surface area contributed by atoms with Crippen molar-refractivity contribution in [2.45, 2.75) is 13.3 Å². The van der Waals surface area contributed by atoms with Gasteiger partial charge in [0, 0.05) is 18.3 Å². The van der Waals surface area contributed by atoms with Crippen LogP contribution in [0.3, 0.4) is 0 Å². The van der Waals surface area contributed by atoms with Crippen molar-refractivity contribution in [1.82, 2.24) is 15.0 Å². The van der Waals surface area contributed by atoms with E-state index in [1.54, 1.807) is 6.92 Å². The van der Waals surface area contributed by atoms with Crippen LogP contribution < -0.4 is 0 Å². The van der Waals surface area contributed by atoms with E-state index in [2.05, 4.69) is 15.0 Å². The maximum Gasteiger partial charge on any atom is 0.358 e. The molecule has 2 rings (SSSR count). The molecule has 0 saturated carbocycles. The van der Waals surface area contributed by atoms with Crippen molar-refractivity contribution < 1.29 is 9.53 Å². The molecule has 2 aromatic rings. The monoisotopic (exact) mass is 219 g/mol. The number of imidazole rings is 1. The van der Waals surface area contributed by atoms with Crippen LogP contribution in [0.5, 0.6) is 0 Å². The van der Waals surface area contributed by atoms with Gasteiger partial charge in [-0.1, -0.05) is 0 Å². The normalized spacial score (nSPS) is 10.3. The zero-order chi connectivity index (χ0) is 11.4. The summed E-state index contributed by atoms with van der Waals surface area (Å²) in [4.78, 5) is 21.5. The molecule has 2 heterocycles. The Morgan fingerprint density at radius 2 is 2.38 bits per heavy atom. The zero-order valence-electron chi connectivity index (χ0n) is 8.99. The molecule has 0 aliphatic heterocycles. The summed E-state index contributed by atoms with van der Waals surface area (Å²) in [5.74, 6) is -0.384. The summed E-state index contributed by atoms with van der Waals surface area (Å²) in [6, 6.07) is 3.87. The Balaban J connectivity index is 2.16. The predicted octanol–water partition coefficient (Wildman–Crippen LogP) is 1.51. The number of ether oxygens (including phenoxy) is 1. The van der Waals surface area contributed by atoms with E-state index in [0.29, 0.717) is 18.7 Å². The zero-order valence-corrected chi connectivity index (χ0v) is 8.99. The third kappa shape index (κ3) is 2.13. The highest BCUT2D eigenvalue weighted by Crippen LogP contribution is 2.10. The average molecular weight is 219 g/mol. The maximum atomic E-state index is 11.5. The van der Waals surface area contributed by atoms with Crippen LogP contribution in [0, 0.1) is 0 Å². The number of hydrogen-bond donors (Lipinski definition) is 2. The molecule has 0 aliphatic carbocycles. The van der Waals surface area contributed by atoms with Crippen LogP contribution in [0.4, 0.5) is 0 Å². The van der Waals surface area contributed by atoms with Gasteiger partial charge in [0.15, 0.2) is 5.69 Å². The molecule has 0 unspecified atom stereocenters. The molecule has 2 N–H and O–H groups in total. The smallest absolute Gasteiger partial charge is 0.358 e. The Labute approximate surface area is 92.9 Å². The molecule has 5 heteroatoms. The predicted molar refractivity (Wildman–Crippen MR) is 58.1 cm³/mol. The van der Waals surface area contributed by atoms with Crippen molar-refractivity contribution >= 4 is 5.97 Å². The fourth-order valence-corrected chi connectivity index (χ4v) is 1.50. The van der Waals surface area contributed by atoms with Gasteiger partial charge in [0.05, 0.1) is 18.6 Å². The Hall–Kier alpha value is -2.04. The molecule has 0 atom stereocenters. The van der Waals surface area contributed by atoms with Gasteiger partial charge < -0.3 is 14.7 Å². The summed E-state index contributed by atoms with van der Waals surface area (Å²) in [6.07, 6.45) is 3.96. The van der Waals surface area contributed by atoms with Crippen LogP contribution in [0.1, 0.15) is 28.8 Å². The van der Waals surface area contributed by atoms with Crippen LogP contribution in [-0.2, 0) is 11.2 Å². The van der Waals surface area contributed by atoms with Crippen molar-refractivity contribution in [3.05, 3.63) is 41.7 Å². The second kappa shape index (κ2) is 4.65. The first kappa shape index (κ1) is 10.5. The fourth-order valence-electron chi connectivity index (χ4n) is 1.50. The molecule has 0 aromatic carbocycles. The highest BCUT2D eigenvalue weighted by molar-refractivity contribution is 5.88. The lowest BCUT2D eigenvalue weighted by molar-refractivity contribution is 0.0519. The number of esters is 1. The highest BCUT2D eigenvalue weighted by atomic mass is 16.5. The number of nitrogens with one attached hydrogen (secondary N) is 2. The molecule has 0 fully saturated rings. The molecule has 0 amide bonds. The van der Waals surface area contributed by atoms with Crippen LogP contribution in [0.15, 0.2) is 24.7 Å². The molecular formula is C11H13N3O2. The van der Waals surface area contributed by atoms with Gasteiger partial charge in [-0.25, -0.2) is 9.78 Å². The Morgan fingerprint density at radius 3 is 3.06 bits per heavy atom. The number of hydrogen-bond acceptors (Lipinski definition) is 3. The van der Waals surface area contributed by atoms with Gasteiger partial charge in [0.1, 0.15) is 0 Å². The van der Waals surface area contributed by atoms with Crippen LogP contribution in [0.2, 0.25) is 0 Å². The van der Waals surface area contributed by atoms with Crippen molar-refractivity contribution in [2.75, 3.05) is 6.61 Å². The van der Waals surface area contributed by atoms with E-state index in [9.17, 15) is 4.79 Å². The van der Waals surface area contributed by atoms with E-state index in [0.717, 1.165) is 11.4 Å². The summed E-state index contributed by atoms with van der Waals surface area (Å²) >= 11 is 0. The van der Waals surface area contributed by atoms with E-state index < -0.39 is 0 Å². The third-order valence-electron chi connectivity index (χ3n) is 2.22. The summed E-state index contributed by atoms with van der Waals surface area (Å²) in [7, 11) is 0. The molecule has 0 spiro atoms. The molecule has 84 valence electrons. The maximum absolute atomic E-state index is 11.5. The first-order chi connectivity index (χ1) is 7.81. The van der Waals surface area contributed by atoms with Crippen LogP contribution in [0.25, 0.3) is 0 Å². The third-order valence-corrected chi connectivity index (χ3v) is 2.22. The number of H-pyrrole nitrogens is 2. The van der Waals surface area contributed by atoms with E-state index >= 15 is 0 Å². The van der Waals surface area contributed by atoms with Crippen LogP contribution in [-0.4, -0.2) is 27.5 Å². The van der Waals surface area contributed by atoms with E-state index in [-0.39, 0.29) is 5.97 Å². The number of nitrogens with zero attached hydrogens (tertiary/aromatic N) is 1. The SMILES string of the molecule is CCOC(=O)c1nc[nH]c1Cc1ccc[nH]1. The quantitative estimate of drug-likeness (QED) is 0.765. The van der Waals surface area contributed by atoms with E-state index in [1.165, 1.54) is 6.33 Å². The van der Waals surface area contributed by atoms with Gasteiger partial charge in [-0.2, -0.15) is 0 Å². The number of rotatable bonds is 4. The van der Waals surface area contributed by atoms with Crippen LogP contribution >= 0.6 is 0 Å². The van der Waals surface area contributed by atoms with Crippen molar-refractivity contribution in [1.29, 1.82) is 0 Å². The first-order valence-corrected chi connectivity index (χ1v) is 5.13. The minimum absolute atomic E-state index is 0.355. The van der Waals surface area contributed by atoms with Crippen molar-refractivity contribution in [2.24, 2.45) is 0 Å². The number of aromatic nitrogens is 3. The lowest BCUT2D eigenvalue weighted by Crippen LogP contribution is -2.08. The molecule has 0 aliphatic rings. The van der Waals surface area contributed by atoms with Crippen molar-refractivity contribution in [3.8, 4) is 0 Å². The van der Waals surface area contributed by atoms with Gasteiger partial charge >= 0.3 is 5.97 Å². The summed E-state index contributed by atoms with van der Waals surface area (Å²) in [5.41, 5.74) is 2.15. The summed E-state index contributed by atoms with van der Waals surface area (Å²) in [5, 5.41) is 0. The topological polar surface area (TPSA) is 70.8 Å². The molecule has 0 bridgehead atoms. The molecule has 16 heavy (non-hydrogen) atoms. The van der Waals surface area contributed by atoms with Gasteiger partial charge in [-0.05, 0) is 19.1 Å². The second-order valence-corrected chi connectivity index (χ2v) is 3.32.